The largest absolute Gasteiger partial charge is 0.354 e. The highest BCUT2D eigenvalue weighted by Gasteiger charge is 2.28. The van der Waals surface area contributed by atoms with Crippen LogP contribution in [0.2, 0.25) is 0 Å². The van der Waals surface area contributed by atoms with Gasteiger partial charge in [-0.1, -0.05) is 67.6 Å². The predicted molar refractivity (Wildman–Crippen MR) is 130 cm³/mol. The monoisotopic (exact) mass is 468 g/mol. The predicted octanol–water partition coefficient (Wildman–Crippen LogP) is 3.48. The van der Waals surface area contributed by atoms with Gasteiger partial charge >= 0.3 is 0 Å². The fourth-order valence-electron chi connectivity index (χ4n) is 3.98. The normalized spacial score (nSPS) is 11.8. The van der Waals surface area contributed by atoms with Crippen LogP contribution in [0.25, 0.3) is 0 Å². The fraction of sp³-hybridized carbons (Fsp3) is 0.360. The standard InChI is InChI=1S/C25H32N4O3S/c1-5-28(4)33(31,32)25-19(2)27-29(20(25)3)18-24(30)26-17-16-23(21-12-8-6-9-13-21)22-14-10-7-11-15-22/h6-15,23H,5,16-18H2,1-4H3,(H,26,30). The molecule has 1 amide bonds. The molecule has 0 fully saturated rings. The molecule has 3 rings (SSSR count). The molecule has 0 saturated carbocycles. The molecule has 1 heterocycles. The summed E-state index contributed by atoms with van der Waals surface area (Å²) in [4.78, 5) is 12.8. The molecule has 0 aliphatic heterocycles. The second-order valence-corrected chi connectivity index (χ2v) is 10.1. The molecule has 0 bridgehead atoms. The van der Waals surface area contributed by atoms with Crippen LogP contribution in [0.1, 0.15) is 41.8 Å². The molecule has 0 radical (unpaired) electrons. The molecule has 0 aliphatic rings. The number of carbonyl (C=O) groups is 1. The molecule has 0 atom stereocenters. The van der Waals surface area contributed by atoms with Gasteiger partial charge in [0.2, 0.25) is 15.9 Å². The Bertz CT molecular complexity index is 1140. The minimum absolute atomic E-state index is 0.0284. The number of hydrogen-bond donors (Lipinski definition) is 1. The van der Waals surface area contributed by atoms with E-state index in [4.69, 9.17) is 0 Å². The lowest BCUT2D eigenvalue weighted by molar-refractivity contribution is -0.121. The van der Waals surface area contributed by atoms with Crippen molar-refractivity contribution in [2.75, 3.05) is 20.1 Å². The van der Waals surface area contributed by atoms with Crippen molar-refractivity contribution in [3.8, 4) is 0 Å². The average molecular weight is 469 g/mol. The van der Waals surface area contributed by atoms with E-state index >= 15 is 0 Å². The highest BCUT2D eigenvalue weighted by atomic mass is 32.2. The van der Waals surface area contributed by atoms with Gasteiger partial charge in [-0.3, -0.25) is 9.48 Å². The topological polar surface area (TPSA) is 84.3 Å². The highest BCUT2D eigenvalue weighted by molar-refractivity contribution is 7.89. The van der Waals surface area contributed by atoms with Crippen molar-refractivity contribution in [3.05, 3.63) is 83.2 Å². The Hall–Kier alpha value is -2.97. The van der Waals surface area contributed by atoms with E-state index in [0.717, 1.165) is 6.42 Å². The lowest BCUT2D eigenvalue weighted by atomic mass is 9.88. The van der Waals surface area contributed by atoms with Gasteiger partial charge in [-0.15, -0.1) is 0 Å². The molecule has 7 nitrogen and oxygen atoms in total. The maximum absolute atomic E-state index is 12.8. The molecule has 2 aromatic carbocycles. The summed E-state index contributed by atoms with van der Waals surface area (Å²) in [6.07, 6.45) is 0.748. The number of nitrogens with zero attached hydrogens (tertiary/aromatic N) is 3. The second kappa shape index (κ2) is 10.8. The van der Waals surface area contributed by atoms with Crippen LogP contribution < -0.4 is 5.32 Å². The lowest BCUT2D eigenvalue weighted by Crippen LogP contribution is -2.30. The zero-order valence-electron chi connectivity index (χ0n) is 19.7. The Morgan fingerprint density at radius 3 is 2.09 bits per heavy atom. The summed E-state index contributed by atoms with van der Waals surface area (Å²) < 4.78 is 28.3. The van der Waals surface area contributed by atoms with Gasteiger partial charge in [0.05, 0.1) is 11.4 Å². The highest BCUT2D eigenvalue weighted by Crippen LogP contribution is 2.27. The number of benzene rings is 2. The summed E-state index contributed by atoms with van der Waals surface area (Å²) in [7, 11) is -2.10. The third-order valence-corrected chi connectivity index (χ3v) is 8.07. The van der Waals surface area contributed by atoms with Gasteiger partial charge in [-0.05, 0) is 31.4 Å². The Labute approximate surface area is 196 Å². The van der Waals surface area contributed by atoms with E-state index in [2.05, 4.69) is 34.7 Å². The van der Waals surface area contributed by atoms with Crippen molar-refractivity contribution in [3.63, 3.8) is 0 Å². The second-order valence-electron chi connectivity index (χ2n) is 8.09. The fourth-order valence-corrected chi connectivity index (χ4v) is 5.52. The van der Waals surface area contributed by atoms with Crippen LogP contribution in [-0.2, 0) is 21.4 Å². The minimum Gasteiger partial charge on any atom is -0.354 e. The molecule has 0 saturated heterocycles. The van der Waals surface area contributed by atoms with Gasteiger partial charge < -0.3 is 5.32 Å². The molecule has 8 heteroatoms. The average Bonchev–Trinajstić information content (AvgIpc) is 3.10. The SMILES string of the molecule is CCN(C)S(=O)(=O)c1c(C)nn(CC(=O)NCCC(c2ccccc2)c2ccccc2)c1C. The third-order valence-electron chi connectivity index (χ3n) is 5.88. The Morgan fingerprint density at radius 2 is 1.58 bits per heavy atom. The lowest BCUT2D eigenvalue weighted by Gasteiger charge is -2.18. The molecule has 1 aromatic heterocycles. The van der Waals surface area contributed by atoms with Crippen LogP contribution in [0, 0.1) is 13.8 Å². The van der Waals surface area contributed by atoms with Crippen LogP contribution in [0.4, 0.5) is 0 Å². The molecule has 3 aromatic rings. The molecule has 33 heavy (non-hydrogen) atoms. The first-order valence-electron chi connectivity index (χ1n) is 11.1. The first-order chi connectivity index (χ1) is 15.8. The van der Waals surface area contributed by atoms with Crippen molar-refractivity contribution in [1.29, 1.82) is 0 Å². The van der Waals surface area contributed by atoms with E-state index < -0.39 is 10.0 Å². The summed E-state index contributed by atoms with van der Waals surface area (Å²) in [5, 5.41) is 7.29. The summed E-state index contributed by atoms with van der Waals surface area (Å²) in [6, 6.07) is 20.5. The molecular formula is C25H32N4O3S. The molecule has 0 unspecified atom stereocenters. The maximum atomic E-state index is 12.8. The van der Waals surface area contributed by atoms with Crippen molar-refractivity contribution in [1.82, 2.24) is 19.4 Å². The number of aryl methyl sites for hydroxylation is 1. The van der Waals surface area contributed by atoms with E-state index in [1.54, 1.807) is 20.8 Å². The zero-order chi connectivity index (χ0) is 24.0. The summed E-state index contributed by atoms with van der Waals surface area (Å²) in [5.74, 6) is -0.0315. The van der Waals surface area contributed by atoms with E-state index in [9.17, 15) is 13.2 Å². The Kier molecular flexibility index (Phi) is 8.05. The first kappa shape index (κ1) is 24.7. The maximum Gasteiger partial charge on any atom is 0.246 e. The minimum atomic E-state index is -3.64. The number of aromatic nitrogens is 2. The van der Waals surface area contributed by atoms with Crippen LogP contribution >= 0.6 is 0 Å². The van der Waals surface area contributed by atoms with E-state index in [1.165, 1.54) is 27.2 Å². The number of rotatable bonds is 10. The van der Waals surface area contributed by atoms with Gasteiger partial charge in [0.25, 0.3) is 0 Å². The van der Waals surface area contributed by atoms with Crippen molar-refractivity contribution < 1.29 is 13.2 Å². The third kappa shape index (κ3) is 5.69. The van der Waals surface area contributed by atoms with E-state index in [-0.39, 0.29) is 23.3 Å². The quantitative estimate of drug-likeness (QED) is 0.494. The molecule has 0 aliphatic carbocycles. The molecule has 176 valence electrons. The summed E-state index contributed by atoms with van der Waals surface area (Å²) in [5.41, 5.74) is 3.26. The van der Waals surface area contributed by atoms with Gasteiger partial charge in [0.15, 0.2) is 0 Å². The van der Waals surface area contributed by atoms with Crippen LogP contribution in [0.3, 0.4) is 0 Å². The smallest absolute Gasteiger partial charge is 0.246 e. The van der Waals surface area contributed by atoms with Gasteiger partial charge in [0, 0.05) is 26.1 Å². The Balaban J connectivity index is 1.67. The summed E-state index contributed by atoms with van der Waals surface area (Å²) in [6.45, 7) is 5.94. The Morgan fingerprint density at radius 1 is 1.03 bits per heavy atom. The molecule has 0 spiro atoms. The number of sulfonamides is 1. The van der Waals surface area contributed by atoms with Crippen LogP contribution in [0.15, 0.2) is 65.6 Å². The van der Waals surface area contributed by atoms with Crippen molar-refractivity contribution in [2.24, 2.45) is 0 Å². The number of carbonyl (C=O) groups excluding carboxylic acids is 1. The summed E-state index contributed by atoms with van der Waals surface area (Å²) >= 11 is 0. The van der Waals surface area contributed by atoms with Crippen molar-refractivity contribution >= 4 is 15.9 Å². The molecule has 1 N–H and O–H groups in total. The van der Waals surface area contributed by atoms with E-state index in [1.807, 2.05) is 36.4 Å². The molecular weight excluding hydrogens is 436 g/mol. The number of amides is 1. The van der Waals surface area contributed by atoms with Gasteiger partial charge in [-0.25, -0.2) is 12.7 Å². The van der Waals surface area contributed by atoms with Gasteiger partial charge in [-0.2, -0.15) is 5.10 Å². The number of nitrogens with one attached hydrogen (secondary N) is 1. The van der Waals surface area contributed by atoms with Crippen LogP contribution in [0.5, 0.6) is 0 Å². The number of hydrogen-bond acceptors (Lipinski definition) is 4. The zero-order valence-corrected chi connectivity index (χ0v) is 20.5. The van der Waals surface area contributed by atoms with Crippen molar-refractivity contribution in [2.45, 2.75) is 44.6 Å². The van der Waals surface area contributed by atoms with E-state index in [0.29, 0.717) is 24.5 Å². The first-order valence-corrected chi connectivity index (χ1v) is 12.6. The van der Waals surface area contributed by atoms with Gasteiger partial charge in [0.1, 0.15) is 11.4 Å². The van der Waals surface area contributed by atoms with Crippen LogP contribution in [-0.4, -0.2) is 48.5 Å².